The molecule has 0 saturated carbocycles. The maximum atomic E-state index is 13.1. The molecular weight excluding hydrogens is 855 g/mol. The van der Waals surface area contributed by atoms with Crippen molar-refractivity contribution in [2.45, 2.75) is 96.4 Å². The van der Waals surface area contributed by atoms with Crippen molar-refractivity contribution < 1.29 is 28.7 Å². The van der Waals surface area contributed by atoms with Gasteiger partial charge >= 0.3 is 0 Å². The number of nitrogens with zero attached hydrogens (tertiary/aromatic N) is 9. The molecule has 67 heavy (non-hydrogen) atoms. The number of rotatable bonds is 22. The minimum Gasteiger partial charge on any atom is -0.494 e. The Hall–Kier alpha value is -7.83. The second kappa shape index (κ2) is 21.9. The molecule has 1 atom stereocenters. The van der Waals surface area contributed by atoms with Crippen LogP contribution in [0.25, 0.3) is 11.5 Å². The quantitative estimate of drug-likeness (QED) is 0.0510. The molecule has 4 N–H and O–H groups in total. The molecule has 2 aliphatic heterocycles. The minimum atomic E-state index is -0.713. The maximum Gasteiger partial charge on any atom is 0.255 e. The third-order valence-electron chi connectivity index (χ3n) is 11.8. The summed E-state index contributed by atoms with van der Waals surface area (Å²) in [6.07, 6.45) is 11.9. The maximum absolute atomic E-state index is 13.1. The molecule has 8 rings (SSSR count). The van der Waals surface area contributed by atoms with Crippen LogP contribution >= 0.6 is 0 Å². The zero-order valence-corrected chi connectivity index (χ0v) is 37.3. The van der Waals surface area contributed by atoms with Gasteiger partial charge in [-0.05, 0) is 99.0 Å². The van der Waals surface area contributed by atoms with Crippen LogP contribution < -0.4 is 26.0 Å². The molecule has 3 aromatic heterocycles. The van der Waals surface area contributed by atoms with Gasteiger partial charge < -0.3 is 30.2 Å². The van der Waals surface area contributed by atoms with E-state index in [0.717, 1.165) is 67.2 Å². The molecule has 19 heteroatoms. The number of hydrogen-bond donors (Lipinski definition) is 4. The standard InChI is InChI=1S/C48H53N13O6/c1-59-42(56-57-45(59)40-21-22-49-31-52-40)28-50-34-14-9-12-33(26-34)46(64)51-27-32-11-8-15-36(25-32)67-24-7-3-2-6-23-60-29-35(55-58-60)13-4-5-18-43(62)53-39-17-10-16-37-38(39)30-61(48(37)66)41-19-20-44(63)54-47(41)65/h8-12,14-17,21-22,25-26,29,31,41,50H,2-7,13,18-20,23-24,27-28,30H2,1H3,(H,51,64)(H,53,62)(H,54,63,65). The number of nitrogens with one attached hydrogen (secondary N) is 4. The number of piperidine rings is 1. The molecule has 2 aliphatic rings. The fraction of sp³-hybridized carbons (Fsp3) is 0.354. The number of unbranched alkanes of at least 4 members (excludes halogenated alkanes) is 4. The zero-order chi connectivity index (χ0) is 46.5. The highest BCUT2D eigenvalue weighted by molar-refractivity contribution is 6.06. The summed E-state index contributed by atoms with van der Waals surface area (Å²) in [6.45, 7) is 2.33. The summed E-state index contributed by atoms with van der Waals surface area (Å²) in [6, 6.07) is 21.3. The molecule has 0 radical (unpaired) electrons. The second-order valence-electron chi connectivity index (χ2n) is 16.6. The van der Waals surface area contributed by atoms with Crippen molar-refractivity contribution in [3.05, 3.63) is 125 Å². The van der Waals surface area contributed by atoms with E-state index in [1.54, 1.807) is 36.5 Å². The van der Waals surface area contributed by atoms with E-state index in [4.69, 9.17) is 4.74 Å². The van der Waals surface area contributed by atoms with Crippen LogP contribution in [0.1, 0.15) is 101 Å². The first kappa shape index (κ1) is 45.7. The molecule has 5 heterocycles. The molecule has 0 bridgehead atoms. The minimum absolute atomic E-state index is 0.150. The third-order valence-corrected chi connectivity index (χ3v) is 11.8. The van der Waals surface area contributed by atoms with Gasteiger partial charge in [0.05, 0.1) is 18.8 Å². The number of carbonyl (C=O) groups is 5. The molecule has 3 aromatic carbocycles. The number of hydrogen-bond acceptors (Lipinski definition) is 13. The van der Waals surface area contributed by atoms with Crippen molar-refractivity contribution in [3.8, 4) is 17.3 Å². The van der Waals surface area contributed by atoms with Crippen LogP contribution in [0.15, 0.2) is 91.5 Å². The van der Waals surface area contributed by atoms with Gasteiger partial charge in [0.2, 0.25) is 17.7 Å². The van der Waals surface area contributed by atoms with Crippen LogP contribution in [0.2, 0.25) is 0 Å². The Labute approximate surface area is 387 Å². The van der Waals surface area contributed by atoms with Gasteiger partial charge in [0.1, 0.15) is 23.8 Å². The molecule has 346 valence electrons. The number of carbonyl (C=O) groups excluding carboxylic acids is 5. The Morgan fingerprint density at radius 1 is 0.896 bits per heavy atom. The third kappa shape index (κ3) is 11.9. The monoisotopic (exact) mass is 907 g/mol. The fourth-order valence-electron chi connectivity index (χ4n) is 8.13. The van der Waals surface area contributed by atoms with Gasteiger partial charge in [-0.15, -0.1) is 15.3 Å². The normalized spacial score (nSPS) is 14.4. The van der Waals surface area contributed by atoms with E-state index >= 15 is 0 Å². The SMILES string of the molecule is Cn1c(CNc2cccc(C(=O)NCc3cccc(OCCCCCCn4cc(CCCCC(=O)Nc5cccc6c5CN(C5CCC(=O)NC5=O)C6=O)nn4)c3)c2)nnc1-c1ccncn1. The van der Waals surface area contributed by atoms with Crippen molar-refractivity contribution in [2.75, 3.05) is 17.2 Å². The van der Waals surface area contributed by atoms with Gasteiger partial charge in [0, 0.05) is 80.0 Å². The Bertz CT molecular complexity index is 2720. The van der Waals surface area contributed by atoms with Crippen LogP contribution in [0.3, 0.4) is 0 Å². The molecule has 0 spiro atoms. The van der Waals surface area contributed by atoms with E-state index in [2.05, 4.69) is 51.7 Å². The summed E-state index contributed by atoms with van der Waals surface area (Å²) in [5.74, 6) is 0.707. The summed E-state index contributed by atoms with van der Waals surface area (Å²) in [5.41, 5.74) is 5.53. The van der Waals surface area contributed by atoms with Gasteiger partial charge in [-0.2, -0.15) is 0 Å². The lowest BCUT2D eigenvalue weighted by Gasteiger charge is -2.29. The summed E-state index contributed by atoms with van der Waals surface area (Å²) in [5, 5.41) is 28.8. The predicted molar refractivity (Wildman–Crippen MR) is 246 cm³/mol. The van der Waals surface area contributed by atoms with Gasteiger partial charge in [0.15, 0.2) is 11.6 Å². The van der Waals surface area contributed by atoms with Gasteiger partial charge in [0.25, 0.3) is 11.8 Å². The van der Waals surface area contributed by atoms with E-state index in [9.17, 15) is 24.0 Å². The number of fused-ring (bicyclic) bond motifs is 1. The average Bonchev–Trinajstić information content (AvgIpc) is 4.05. The highest BCUT2D eigenvalue weighted by atomic mass is 16.5. The van der Waals surface area contributed by atoms with Crippen molar-refractivity contribution in [3.63, 3.8) is 0 Å². The largest absolute Gasteiger partial charge is 0.494 e. The van der Waals surface area contributed by atoms with Crippen LogP contribution in [-0.4, -0.2) is 86.8 Å². The van der Waals surface area contributed by atoms with Gasteiger partial charge in [-0.3, -0.25) is 34.0 Å². The summed E-state index contributed by atoms with van der Waals surface area (Å²) in [7, 11) is 1.88. The first-order valence-electron chi connectivity index (χ1n) is 22.6. The molecular formula is C48H53N13O6. The van der Waals surface area contributed by atoms with Crippen molar-refractivity contribution in [2.24, 2.45) is 7.05 Å². The average molecular weight is 908 g/mol. The van der Waals surface area contributed by atoms with Crippen LogP contribution in [0.5, 0.6) is 5.75 Å². The number of imide groups is 1. The van der Waals surface area contributed by atoms with Crippen LogP contribution in [-0.2, 0) is 54.0 Å². The number of aromatic nitrogens is 8. The van der Waals surface area contributed by atoms with E-state index in [1.165, 1.54) is 11.2 Å². The molecule has 1 unspecified atom stereocenters. The van der Waals surface area contributed by atoms with Crippen molar-refractivity contribution in [1.82, 2.24) is 55.3 Å². The van der Waals surface area contributed by atoms with Crippen LogP contribution in [0, 0.1) is 0 Å². The molecule has 1 fully saturated rings. The lowest BCUT2D eigenvalue weighted by atomic mass is 10.0. The summed E-state index contributed by atoms with van der Waals surface area (Å²) < 4.78 is 9.77. The molecule has 6 aromatic rings. The number of benzene rings is 3. The molecule has 0 aliphatic carbocycles. The Kier molecular flexibility index (Phi) is 14.9. The fourth-order valence-corrected chi connectivity index (χ4v) is 8.13. The number of amides is 5. The van der Waals surface area contributed by atoms with E-state index in [-0.39, 0.29) is 43.0 Å². The van der Waals surface area contributed by atoms with Crippen molar-refractivity contribution >= 4 is 40.9 Å². The number of anilines is 2. The number of ether oxygens (including phenoxy) is 1. The molecule has 5 amide bonds. The Morgan fingerprint density at radius 2 is 1.76 bits per heavy atom. The first-order valence-corrected chi connectivity index (χ1v) is 22.6. The Balaban J connectivity index is 0.676. The van der Waals surface area contributed by atoms with Gasteiger partial charge in [-0.1, -0.05) is 35.9 Å². The van der Waals surface area contributed by atoms with Crippen LogP contribution in [0.4, 0.5) is 11.4 Å². The van der Waals surface area contributed by atoms with E-state index in [0.29, 0.717) is 72.9 Å². The highest BCUT2D eigenvalue weighted by Crippen LogP contribution is 2.32. The predicted octanol–water partition coefficient (Wildman–Crippen LogP) is 5.16. The molecule has 1 saturated heterocycles. The summed E-state index contributed by atoms with van der Waals surface area (Å²) >= 11 is 0. The number of aryl methyl sites for hydroxylation is 2. The van der Waals surface area contributed by atoms with E-state index < -0.39 is 11.9 Å². The topological polar surface area (TPSA) is 233 Å². The van der Waals surface area contributed by atoms with Crippen molar-refractivity contribution in [1.29, 1.82) is 0 Å². The highest BCUT2D eigenvalue weighted by Gasteiger charge is 2.40. The lowest BCUT2D eigenvalue weighted by Crippen LogP contribution is -2.52. The lowest BCUT2D eigenvalue weighted by molar-refractivity contribution is -0.137. The Morgan fingerprint density at radius 3 is 2.63 bits per heavy atom. The smallest absolute Gasteiger partial charge is 0.255 e. The summed E-state index contributed by atoms with van der Waals surface area (Å²) in [4.78, 5) is 72.8. The van der Waals surface area contributed by atoms with Gasteiger partial charge in [-0.25, -0.2) is 9.97 Å². The zero-order valence-electron chi connectivity index (χ0n) is 37.3. The molecule has 19 nitrogen and oxygen atoms in total. The first-order chi connectivity index (χ1) is 32.7. The van der Waals surface area contributed by atoms with E-state index in [1.807, 2.05) is 65.0 Å². The second-order valence-corrected chi connectivity index (χ2v) is 16.6.